The number of hydrogen-bond donors (Lipinski definition) is 0. The first-order valence-corrected chi connectivity index (χ1v) is 11.5. The van der Waals surface area contributed by atoms with Crippen molar-refractivity contribution in [1.82, 2.24) is 9.88 Å². The molecule has 34 heavy (non-hydrogen) atoms. The lowest BCUT2D eigenvalue weighted by atomic mass is 9.86. The van der Waals surface area contributed by atoms with Gasteiger partial charge in [-0.25, -0.2) is 0 Å². The fourth-order valence-corrected chi connectivity index (χ4v) is 3.94. The van der Waals surface area contributed by atoms with Crippen LogP contribution in [0.4, 0.5) is 5.88 Å². The summed E-state index contributed by atoms with van der Waals surface area (Å²) in [5.74, 6) is 0.886. The van der Waals surface area contributed by atoms with Crippen LogP contribution in [0.3, 0.4) is 0 Å². The molecule has 1 saturated heterocycles. The van der Waals surface area contributed by atoms with Gasteiger partial charge in [0.15, 0.2) is 0 Å². The van der Waals surface area contributed by atoms with Crippen LogP contribution in [0.25, 0.3) is 12.2 Å². The first kappa shape index (κ1) is 23.3. The van der Waals surface area contributed by atoms with E-state index < -0.39 is 0 Å². The second-order valence-electron chi connectivity index (χ2n) is 9.67. The molecule has 1 amide bonds. The monoisotopic (exact) mass is 454 g/mol. The maximum atomic E-state index is 13.0. The number of carbonyl (C=O) groups excluding carboxylic acids is 1. The molecule has 2 aromatic carbocycles. The number of rotatable bonds is 4. The molecule has 1 aromatic heterocycles. The zero-order valence-electron chi connectivity index (χ0n) is 20.2. The molecule has 0 N–H and O–H groups in total. The molecular weight excluding hydrogens is 424 g/mol. The van der Waals surface area contributed by atoms with Crippen molar-refractivity contribution in [3.8, 4) is 6.07 Å². The average Bonchev–Trinajstić information content (AvgIpc) is 3.26. The van der Waals surface area contributed by atoms with Crippen LogP contribution < -0.4 is 4.90 Å². The summed E-state index contributed by atoms with van der Waals surface area (Å²) in [4.78, 5) is 21.1. The maximum absolute atomic E-state index is 13.0. The van der Waals surface area contributed by atoms with Gasteiger partial charge in [-0.15, -0.1) is 0 Å². The lowest BCUT2D eigenvalue weighted by molar-refractivity contribution is 0.0745. The van der Waals surface area contributed by atoms with E-state index in [-0.39, 0.29) is 17.0 Å². The third-order valence-corrected chi connectivity index (χ3v) is 6.08. The molecule has 2 heterocycles. The van der Waals surface area contributed by atoms with Crippen LogP contribution in [0.15, 0.2) is 52.9 Å². The smallest absolute Gasteiger partial charge is 0.253 e. The maximum Gasteiger partial charge on any atom is 0.253 e. The summed E-state index contributed by atoms with van der Waals surface area (Å²) >= 11 is 0. The Bertz CT molecular complexity index is 1220. The van der Waals surface area contributed by atoms with E-state index in [4.69, 9.17) is 4.42 Å². The number of benzene rings is 2. The Kier molecular flexibility index (Phi) is 6.56. The number of anilines is 1. The predicted molar refractivity (Wildman–Crippen MR) is 135 cm³/mol. The summed E-state index contributed by atoms with van der Waals surface area (Å²) in [7, 11) is 0. The standard InChI is InChI=1S/C28H30N4O2/c1-20-5-7-21(8-6-20)9-14-25-30-24(19-29)27(34-25)32-17-15-31(16-18-32)26(33)22-10-12-23(13-11-22)28(2,3)4/h5-14H,15-18H2,1-4H3/b14-9+. The van der Waals surface area contributed by atoms with Gasteiger partial charge in [0.25, 0.3) is 5.91 Å². The molecule has 0 bridgehead atoms. The predicted octanol–water partition coefficient (Wildman–Crippen LogP) is 5.29. The third kappa shape index (κ3) is 5.20. The molecule has 3 aromatic rings. The van der Waals surface area contributed by atoms with Crippen molar-refractivity contribution in [3.63, 3.8) is 0 Å². The van der Waals surface area contributed by atoms with Crippen molar-refractivity contribution in [1.29, 1.82) is 5.26 Å². The molecule has 0 radical (unpaired) electrons. The highest BCUT2D eigenvalue weighted by molar-refractivity contribution is 5.94. The van der Waals surface area contributed by atoms with Crippen molar-refractivity contribution in [2.24, 2.45) is 0 Å². The Hall–Kier alpha value is -3.85. The van der Waals surface area contributed by atoms with Gasteiger partial charge in [-0.2, -0.15) is 10.2 Å². The molecule has 4 rings (SSSR count). The molecule has 0 aliphatic carbocycles. The molecule has 1 aliphatic rings. The number of piperazine rings is 1. The number of nitriles is 1. The van der Waals surface area contributed by atoms with Crippen LogP contribution in [-0.4, -0.2) is 42.0 Å². The Morgan fingerprint density at radius 3 is 2.24 bits per heavy atom. The SMILES string of the molecule is Cc1ccc(/C=C/c2nc(C#N)c(N3CCN(C(=O)c4ccc(C(C)(C)C)cc4)CC3)o2)cc1. The van der Waals surface area contributed by atoms with Gasteiger partial charge < -0.3 is 14.2 Å². The van der Waals surface area contributed by atoms with Crippen molar-refractivity contribution >= 4 is 23.9 Å². The van der Waals surface area contributed by atoms with Crippen LogP contribution in [0, 0.1) is 18.3 Å². The van der Waals surface area contributed by atoms with E-state index in [0.717, 1.165) is 5.56 Å². The molecule has 0 unspecified atom stereocenters. The summed E-state index contributed by atoms with van der Waals surface area (Å²) < 4.78 is 5.92. The summed E-state index contributed by atoms with van der Waals surface area (Å²) in [6, 6.07) is 18.1. The van der Waals surface area contributed by atoms with Gasteiger partial charge in [-0.1, -0.05) is 62.7 Å². The lowest BCUT2D eigenvalue weighted by Crippen LogP contribution is -2.48. The number of carbonyl (C=O) groups is 1. The molecule has 1 aliphatic heterocycles. The van der Waals surface area contributed by atoms with Crippen LogP contribution in [-0.2, 0) is 5.41 Å². The highest BCUT2D eigenvalue weighted by atomic mass is 16.4. The van der Waals surface area contributed by atoms with E-state index >= 15 is 0 Å². The van der Waals surface area contributed by atoms with Crippen molar-refractivity contribution in [2.45, 2.75) is 33.1 Å². The van der Waals surface area contributed by atoms with Crippen LogP contribution in [0.2, 0.25) is 0 Å². The third-order valence-electron chi connectivity index (χ3n) is 6.08. The fraction of sp³-hybridized carbons (Fsp3) is 0.321. The van der Waals surface area contributed by atoms with Crippen molar-refractivity contribution in [3.05, 3.63) is 82.4 Å². The Labute approximate surface area is 201 Å². The minimum Gasteiger partial charge on any atom is -0.420 e. The van der Waals surface area contributed by atoms with Gasteiger partial charge in [0.2, 0.25) is 17.5 Å². The Balaban J connectivity index is 1.41. The van der Waals surface area contributed by atoms with E-state index in [1.165, 1.54) is 11.1 Å². The van der Waals surface area contributed by atoms with Gasteiger partial charge in [0.05, 0.1) is 0 Å². The Morgan fingerprint density at radius 2 is 1.65 bits per heavy atom. The minimum atomic E-state index is 0.0277. The number of aryl methyl sites for hydroxylation is 1. The topological polar surface area (TPSA) is 73.4 Å². The normalized spacial score (nSPS) is 14.4. The molecule has 1 fully saturated rings. The van der Waals surface area contributed by atoms with Gasteiger partial charge in [0, 0.05) is 37.8 Å². The minimum absolute atomic E-state index is 0.0277. The van der Waals surface area contributed by atoms with Crippen molar-refractivity contribution in [2.75, 3.05) is 31.1 Å². The number of amides is 1. The number of oxazole rings is 1. The number of aromatic nitrogens is 1. The largest absolute Gasteiger partial charge is 0.420 e. The molecule has 0 spiro atoms. The molecule has 0 atom stereocenters. The van der Waals surface area contributed by atoms with Crippen LogP contribution in [0.1, 0.15) is 59.4 Å². The molecule has 174 valence electrons. The molecule has 6 heteroatoms. The van der Waals surface area contributed by atoms with E-state index in [2.05, 4.69) is 31.8 Å². The summed E-state index contributed by atoms with van der Waals surface area (Å²) in [6.45, 7) is 10.8. The highest BCUT2D eigenvalue weighted by Crippen LogP contribution is 2.26. The van der Waals surface area contributed by atoms with Gasteiger partial charge in [0.1, 0.15) is 6.07 Å². The van der Waals surface area contributed by atoms with E-state index in [1.54, 1.807) is 6.08 Å². The summed E-state index contributed by atoms with van der Waals surface area (Å²) in [6.07, 6.45) is 3.69. The van der Waals surface area contributed by atoms with Crippen LogP contribution >= 0.6 is 0 Å². The second-order valence-corrected chi connectivity index (χ2v) is 9.67. The van der Waals surface area contributed by atoms with E-state index in [9.17, 15) is 10.1 Å². The van der Waals surface area contributed by atoms with Gasteiger partial charge >= 0.3 is 0 Å². The zero-order chi connectivity index (χ0) is 24.3. The van der Waals surface area contributed by atoms with Gasteiger partial charge in [-0.05, 0) is 41.7 Å². The average molecular weight is 455 g/mol. The first-order valence-electron chi connectivity index (χ1n) is 11.5. The highest BCUT2D eigenvalue weighted by Gasteiger charge is 2.26. The van der Waals surface area contributed by atoms with Crippen molar-refractivity contribution < 1.29 is 9.21 Å². The van der Waals surface area contributed by atoms with E-state index in [1.807, 2.05) is 71.3 Å². The first-order chi connectivity index (χ1) is 16.2. The molecule has 0 saturated carbocycles. The molecular formula is C28H30N4O2. The lowest BCUT2D eigenvalue weighted by Gasteiger charge is -2.34. The van der Waals surface area contributed by atoms with E-state index in [0.29, 0.717) is 43.5 Å². The zero-order valence-corrected chi connectivity index (χ0v) is 20.2. The summed E-state index contributed by atoms with van der Waals surface area (Å²) in [5, 5.41) is 9.56. The number of hydrogen-bond acceptors (Lipinski definition) is 5. The number of nitrogens with zero attached hydrogens (tertiary/aromatic N) is 4. The quantitative estimate of drug-likeness (QED) is 0.536. The van der Waals surface area contributed by atoms with Gasteiger partial charge in [-0.3, -0.25) is 4.79 Å². The molecule has 6 nitrogen and oxygen atoms in total. The fourth-order valence-electron chi connectivity index (χ4n) is 3.94. The Morgan fingerprint density at radius 1 is 1.00 bits per heavy atom. The van der Waals surface area contributed by atoms with Crippen LogP contribution in [0.5, 0.6) is 0 Å². The summed E-state index contributed by atoms with van der Waals surface area (Å²) in [5.41, 5.74) is 4.45. The second kappa shape index (κ2) is 9.56.